The maximum atomic E-state index is 9.79. The second-order valence-electron chi connectivity index (χ2n) is 2.36. The van der Waals surface area contributed by atoms with E-state index < -0.39 is 0 Å². The molecular weight excluding hydrogens is 118 g/mol. The van der Waals surface area contributed by atoms with Gasteiger partial charge in [0, 0.05) is 7.11 Å². The molecule has 0 aliphatic heterocycles. The van der Waals surface area contributed by atoms with Gasteiger partial charge in [-0.3, -0.25) is 0 Å². The van der Waals surface area contributed by atoms with E-state index in [1.165, 1.54) is 0 Å². The fourth-order valence-corrected chi connectivity index (χ4v) is 0.798. The van der Waals surface area contributed by atoms with Crippen LogP contribution < -0.4 is 0 Å². The van der Waals surface area contributed by atoms with Gasteiger partial charge in [0.15, 0.2) is 0 Å². The molecule has 0 aromatic carbocycles. The summed E-state index contributed by atoms with van der Waals surface area (Å²) in [4.78, 5) is 13.4. The zero-order valence-electron chi connectivity index (χ0n) is 5.39. The van der Waals surface area contributed by atoms with Crippen molar-refractivity contribution < 1.29 is 9.53 Å². The van der Waals surface area contributed by atoms with Gasteiger partial charge in [-0.05, 0) is 12.8 Å². The van der Waals surface area contributed by atoms with E-state index >= 15 is 0 Å². The number of aliphatic imine (C=N–C) groups is 1. The molecule has 1 rings (SSSR count). The van der Waals surface area contributed by atoms with Crippen molar-refractivity contribution in [3.63, 3.8) is 0 Å². The van der Waals surface area contributed by atoms with Gasteiger partial charge < -0.3 is 4.74 Å². The third kappa shape index (κ3) is 1.37. The van der Waals surface area contributed by atoms with Crippen LogP contribution in [0.5, 0.6) is 0 Å². The van der Waals surface area contributed by atoms with Crippen LogP contribution >= 0.6 is 0 Å². The highest BCUT2D eigenvalue weighted by molar-refractivity contribution is 5.36. The second kappa shape index (κ2) is 2.29. The monoisotopic (exact) mass is 127 g/mol. The molecule has 0 bridgehead atoms. The van der Waals surface area contributed by atoms with E-state index in [2.05, 4.69) is 4.99 Å². The second-order valence-corrected chi connectivity index (χ2v) is 2.36. The quantitative estimate of drug-likeness (QED) is 0.409. The van der Waals surface area contributed by atoms with Crippen molar-refractivity contribution in [3.8, 4) is 0 Å². The number of hydrogen-bond donors (Lipinski definition) is 0. The van der Waals surface area contributed by atoms with Gasteiger partial charge in [0.05, 0.1) is 12.1 Å². The third-order valence-electron chi connectivity index (χ3n) is 1.52. The van der Waals surface area contributed by atoms with Gasteiger partial charge in [0.2, 0.25) is 6.08 Å². The van der Waals surface area contributed by atoms with Crippen LogP contribution in [0.4, 0.5) is 0 Å². The number of ether oxygens (including phenoxy) is 1. The van der Waals surface area contributed by atoms with Crippen molar-refractivity contribution in [2.75, 3.05) is 13.7 Å². The zero-order chi connectivity index (χ0) is 6.74. The number of hydrogen-bond acceptors (Lipinski definition) is 3. The number of isocyanates is 1. The van der Waals surface area contributed by atoms with Crippen LogP contribution in [0.15, 0.2) is 4.99 Å². The molecule has 0 radical (unpaired) electrons. The lowest BCUT2D eigenvalue weighted by atomic mass is 10.3. The summed E-state index contributed by atoms with van der Waals surface area (Å²) in [6.45, 7) is 0.558. The fraction of sp³-hybridized carbons (Fsp3) is 0.833. The first-order chi connectivity index (χ1) is 4.33. The number of nitrogens with zero attached hydrogens (tertiary/aromatic N) is 1. The SMILES string of the molecule is COCC1(N=C=O)CC1. The minimum atomic E-state index is -0.170. The Balaban J connectivity index is 2.42. The molecule has 50 valence electrons. The molecule has 3 nitrogen and oxygen atoms in total. The highest BCUT2D eigenvalue weighted by atomic mass is 16.5. The van der Waals surface area contributed by atoms with Crippen molar-refractivity contribution in [2.24, 2.45) is 4.99 Å². The van der Waals surface area contributed by atoms with Gasteiger partial charge in [0.1, 0.15) is 0 Å². The van der Waals surface area contributed by atoms with Crippen LogP contribution in [0.25, 0.3) is 0 Å². The zero-order valence-corrected chi connectivity index (χ0v) is 5.39. The van der Waals surface area contributed by atoms with Crippen LogP contribution in [0, 0.1) is 0 Å². The van der Waals surface area contributed by atoms with E-state index in [-0.39, 0.29) is 5.54 Å². The number of carbonyl (C=O) groups excluding carboxylic acids is 1. The molecule has 0 amide bonds. The predicted molar refractivity (Wildman–Crippen MR) is 32.0 cm³/mol. The van der Waals surface area contributed by atoms with Crippen LogP contribution in [-0.4, -0.2) is 25.3 Å². The Kier molecular flexibility index (Phi) is 1.65. The standard InChI is InChI=1S/C6H9NO2/c1-9-4-6(2-3-6)7-5-8/h2-4H2,1H3. The lowest BCUT2D eigenvalue weighted by Gasteiger charge is -2.02. The molecule has 1 fully saturated rings. The molecule has 0 N–H and O–H groups in total. The molecule has 0 atom stereocenters. The Morgan fingerprint density at radius 3 is 2.78 bits per heavy atom. The molecular formula is C6H9NO2. The van der Waals surface area contributed by atoms with E-state index in [1.807, 2.05) is 0 Å². The molecule has 3 heteroatoms. The van der Waals surface area contributed by atoms with E-state index in [0.717, 1.165) is 12.8 Å². The molecule has 0 heterocycles. The van der Waals surface area contributed by atoms with Crippen LogP contribution in [-0.2, 0) is 9.53 Å². The average molecular weight is 127 g/mol. The van der Waals surface area contributed by atoms with E-state index in [4.69, 9.17) is 4.74 Å². The summed E-state index contributed by atoms with van der Waals surface area (Å²) in [5.74, 6) is 0. The molecule has 0 unspecified atom stereocenters. The molecule has 1 saturated carbocycles. The van der Waals surface area contributed by atoms with Gasteiger partial charge in [-0.1, -0.05) is 0 Å². The first-order valence-electron chi connectivity index (χ1n) is 2.91. The van der Waals surface area contributed by atoms with Gasteiger partial charge in [-0.15, -0.1) is 0 Å². The average Bonchev–Trinajstić information content (AvgIpc) is 2.51. The maximum absolute atomic E-state index is 9.79. The van der Waals surface area contributed by atoms with Gasteiger partial charge in [-0.25, -0.2) is 4.79 Å². The summed E-state index contributed by atoms with van der Waals surface area (Å²) < 4.78 is 4.85. The molecule has 1 aliphatic carbocycles. The molecule has 0 aromatic heterocycles. The van der Waals surface area contributed by atoms with Crippen LogP contribution in [0.2, 0.25) is 0 Å². The predicted octanol–water partition coefficient (Wildman–Crippen LogP) is 0.501. The Labute approximate surface area is 53.7 Å². The maximum Gasteiger partial charge on any atom is 0.235 e. The Bertz CT molecular complexity index is 145. The van der Waals surface area contributed by atoms with E-state index in [0.29, 0.717) is 6.61 Å². The number of rotatable bonds is 3. The molecule has 1 aliphatic rings. The number of methoxy groups -OCH3 is 1. The lowest BCUT2D eigenvalue weighted by molar-refractivity contribution is 0.174. The smallest absolute Gasteiger partial charge is 0.235 e. The summed E-state index contributed by atoms with van der Waals surface area (Å²) in [6, 6.07) is 0. The normalized spacial score (nSPS) is 20.6. The van der Waals surface area contributed by atoms with Gasteiger partial charge in [0.25, 0.3) is 0 Å². The first-order valence-corrected chi connectivity index (χ1v) is 2.91. The van der Waals surface area contributed by atoms with E-state index in [1.54, 1.807) is 13.2 Å². The van der Waals surface area contributed by atoms with Gasteiger partial charge >= 0.3 is 0 Å². The molecule has 0 spiro atoms. The summed E-state index contributed by atoms with van der Waals surface area (Å²) >= 11 is 0. The van der Waals surface area contributed by atoms with Crippen molar-refractivity contribution in [2.45, 2.75) is 18.4 Å². The van der Waals surface area contributed by atoms with Crippen molar-refractivity contribution in [3.05, 3.63) is 0 Å². The largest absolute Gasteiger partial charge is 0.382 e. The summed E-state index contributed by atoms with van der Waals surface area (Å²) in [7, 11) is 1.61. The van der Waals surface area contributed by atoms with Crippen LogP contribution in [0.3, 0.4) is 0 Å². The van der Waals surface area contributed by atoms with Crippen molar-refractivity contribution >= 4 is 6.08 Å². The highest BCUT2D eigenvalue weighted by Gasteiger charge is 2.42. The van der Waals surface area contributed by atoms with E-state index in [9.17, 15) is 4.79 Å². The Hall–Kier alpha value is -0.660. The van der Waals surface area contributed by atoms with Crippen molar-refractivity contribution in [1.82, 2.24) is 0 Å². The summed E-state index contributed by atoms with van der Waals surface area (Å²) in [6.07, 6.45) is 3.49. The first kappa shape index (κ1) is 6.46. The Morgan fingerprint density at radius 1 is 1.78 bits per heavy atom. The lowest BCUT2D eigenvalue weighted by Crippen LogP contribution is -2.12. The Morgan fingerprint density at radius 2 is 2.44 bits per heavy atom. The molecule has 9 heavy (non-hydrogen) atoms. The summed E-state index contributed by atoms with van der Waals surface area (Å²) in [5.41, 5.74) is -0.170. The topological polar surface area (TPSA) is 38.7 Å². The fourth-order valence-electron chi connectivity index (χ4n) is 0.798. The van der Waals surface area contributed by atoms with Gasteiger partial charge in [-0.2, -0.15) is 4.99 Å². The highest BCUT2D eigenvalue weighted by Crippen LogP contribution is 2.39. The minimum Gasteiger partial charge on any atom is -0.382 e. The molecule has 0 aromatic rings. The summed E-state index contributed by atoms with van der Waals surface area (Å²) in [5, 5.41) is 0. The third-order valence-corrected chi connectivity index (χ3v) is 1.52. The molecule has 0 saturated heterocycles. The minimum absolute atomic E-state index is 0.170. The van der Waals surface area contributed by atoms with Crippen molar-refractivity contribution in [1.29, 1.82) is 0 Å². The van der Waals surface area contributed by atoms with Crippen LogP contribution in [0.1, 0.15) is 12.8 Å².